The highest BCUT2D eigenvalue weighted by Crippen LogP contribution is 2.21. The smallest absolute Gasteiger partial charge is 0.138 e. The Kier molecular flexibility index (Phi) is 3.96. The minimum atomic E-state index is 0.186. The van der Waals surface area contributed by atoms with Crippen LogP contribution in [0.25, 0.3) is 5.69 Å². The first-order valence-corrected chi connectivity index (χ1v) is 7.34. The number of benzene rings is 1. The summed E-state index contributed by atoms with van der Waals surface area (Å²) in [6.07, 6.45) is 6.79. The molecule has 1 atom stereocenters. The average molecular weight is 344 g/mol. The summed E-state index contributed by atoms with van der Waals surface area (Å²) in [7, 11) is 0. The Bertz CT molecular complexity index is 709. The van der Waals surface area contributed by atoms with Crippen LogP contribution in [-0.2, 0) is 0 Å². The van der Waals surface area contributed by atoms with Crippen molar-refractivity contribution >= 4 is 21.6 Å². The third-order valence-corrected chi connectivity index (χ3v) is 3.60. The van der Waals surface area contributed by atoms with Gasteiger partial charge >= 0.3 is 0 Å². The number of aromatic nitrogens is 4. The molecule has 0 aliphatic heterocycles. The van der Waals surface area contributed by atoms with Gasteiger partial charge in [0.1, 0.15) is 12.7 Å². The molecule has 0 bridgehead atoms. The molecule has 5 nitrogen and oxygen atoms in total. The molecule has 21 heavy (non-hydrogen) atoms. The lowest BCUT2D eigenvalue weighted by Gasteiger charge is -2.16. The van der Waals surface area contributed by atoms with E-state index < -0.39 is 0 Å². The number of hydrogen-bond donors (Lipinski definition) is 1. The third-order valence-electron chi connectivity index (χ3n) is 3.16. The summed E-state index contributed by atoms with van der Waals surface area (Å²) < 4.78 is 2.70. The summed E-state index contributed by atoms with van der Waals surface area (Å²) in [5, 5.41) is 7.54. The molecule has 106 valence electrons. The summed E-state index contributed by atoms with van der Waals surface area (Å²) in [6.45, 7) is 2.12. The van der Waals surface area contributed by atoms with E-state index in [0.717, 1.165) is 15.8 Å². The highest BCUT2D eigenvalue weighted by atomic mass is 79.9. The monoisotopic (exact) mass is 343 g/mol. The summed E-state index contributed by atoms with van der Waals surface area (Å²) >= 11 is 3.42. The molecule has 2 aromatic heterocycles. The topological polar surface area (TPSA) is 55.6 Å². The lowest BCUT2D eigenvalue weighted by Crippen LogP contribution is -2.07. The van der Waals surface area contributed by atoms with Crippen molar-refractivity contribution < 1.29 is 0 Å². The maximum atomic E-state index is 4.15. The predicted molar refractivity (Wildman–Crippen MR) is 85.3 cm³/mol. The van der Waals surface area contributed by atoms with E-state index in [0.29, 0.717) is 0 Å². The van der Waals surface area contributed by atoms with Crippen LogP contribution in [0.1, 0.15) is 18.5 Å². The van der Waals surface area contributed by atoms with E-state index >= 15 is 0 Å². The van der Waals surface area contributed by atoms with Gasteiger partial charge in [-0.2, -0.15) is 5.10 Å². The SMILES string of the molecule is C[C@H](Nc1cncc(Br)c1)c1ccc(-n2cncn2)cc1. The number of halogens is 1. The van der Waals surface area contributed by atoms with Gasteiger partial charge in [0.05, 0.1) is 17.6 Å². The van der Waals surface area contributed by atoms with Crippen LogP contribution in [0.4, 0.5) is 5.69 Å². The van der Waals surface area contributed by atoms with Gasteiger partial charge in [-0.05, 0) is 46.6 Å². The molecule has 0 radical (unpaired) electrons. The highest BCUT2D eigenvalue weighted by Gasteiger charge is 2.06. The Labute approximate surface area is 131 Å². The van der Waals surface area contributed by atoms with E-state index in [-0.39, 0.29) is 6.04 Å². The van der Waals surface area contributed by atoms with Crippen LogP contribution in [0, 0.1) is 0 Å². The number of hydrogen-bond acceptors (Lipinski definition) is 4. The van der Waals surface area contributed by atoms with Gasteiger partial charge < -0.3 is 5.32 Å². The molecule has 0 unspecified atom stereocenters. The highest BCUT2D eigenvalue weighted by molar-refractivity contribution is 9.10. The summed E-state index contributed by atoms with van der Waals surface area (Å²) in [5.41, 5.74) is 3.17. The van der Waals surface area contributed by atoms with Crippen LogP contribution < -0.4 is 5.32 Å². The third kappa shape index (κ3) is 3.28. The molecule has 0 spiro atoms. The molecule has 3 rings (SSSR count). The molecule has 0 aliphatic carbocycles. The summed E-state index contributed by atoms with van der Waals surface area (Å²) in [6, 6.07) is 10.4. The zero-order valence-electron chi connectivity index (χ0n) is 11.4. The van der Waals surface area contributed by atoms with Crippen molar-refractivity contribution in [3.8, 4) is 5.69 Å². The second-order valence-electron chi connectivity index (χ2n) is 4.69. The van der Waals surface area contributed by atoms with Gasteiger partial charge in [-0.25, -0.2) is 9.67 Å². The molecule has 0 amide bonds. The lowest BCUT2D eigenvalue weighted by molar-refractivity contribution is 0.862. The quantitative estimate of drug-likeness (QED) is 0.786. The molecule has 1 N–H and O–H groups in total. The van der Waals surface area contributed by atoms with Crippen molar-refractivity contribution in [3.63, 3.8) is 0 Å². The van der Waals surface area contributed by atoms with Crippen molar-refractivity contribution in [2.24, 2.45) is 0 Å². The van der Waals surface area contributed by atoms with Crippen LogP contribution >= 0.6 is 15.9 Å². The van der Waals surface area contributed by atoms with Gasteiger partial charge in [-0.1, -0.05) is 12.1 Å². The first-order chi connectivity index (χ1) is 10.2. The van der Waals surface area contributed by atoms with Gasteiger partial charge in [-0.3, -0.25) is 4.98 Å². The molecular formula is C15H14BrN5. The van der Waals surface area contributed by atoms with Crippen LogP contribution in [-0.4, -0.2) is 19.7 Å². The molecule has 1 aromatic carbocycles. The van der Waals surface area contributed by atoms with Gasteiger partial charge in [0.2, 0.25) is 0 Å². The van der Waals surface area contributed by atoms with Crippen molar-refractivity contribution in [2.45, 2.75) is 13.0 Å². The van der Waals surface area contributed by atoms with E-state index in [1.807, 2.05) is 24.4 Å². The van der Waals surface area contributed by atoms with Crippen LogP contribution in [0.5, 0.6) is 0 Å². The molecule has 2 heterocycles. The normalized spacial score (nSPS) is 12.1. The maximum Gasteiger partial charge on any atom is 0.138 e. The zero-order chi connectivity index (χ0) is 14.7. The Hall–Kier alpha value is -2.21. The van der Waals surface area contributed by atoms with Crippen molar-refractivity contribution in [1.29, 1.82) is 0 Å². The average Bonchev–Trinajstić information content (AvgIpc) is 3.01. The second kappa shape index (κ2) is 6.05. The molecule has 0 saturated heterocycles. The van der Waals surface area contributed by atoms with E-state index in [1.54, 1.807) is 17.2 Å². The number of nitrogens with zero attached hydrogens (tertiary/aromatic N) is 4. The van der Waals surface area contributed by atoms with Crippen LogP contribution in [0.3, 0.4) is 0 Å². The van der Waals surface area contributed by atoms with E-state index in [2.05, 4.69) is 55.4 Å². The minimum absolute atomic E-state index is 0.186. The Morgan fingerprint density at radius 2 is 1.95 bits per heavy atom. The first-order valence-electron chi connectivity index (χ1n) is 6.54. The van der Waals surface area contributed by atoms with Crippen molar-refractivity contribution in [2.75, 3.05) is 5.32 Å². The van der Waals surface area contributed by atoms with E-state index in [4.69, 9.17) is 0 Å². The zero-order valence-corrected chi connectivity index (χ0v) is 13.0. The lowest BCUT2D eigenvalue weighted by atomic mass is 10.1. The summed E-state index contributed by atoms with van der Waals surface area (Å²) in [4.78, 5) is 8.10. The number of rotatable bonds is 4. The summed E-state index contributed by atoms with van der Waals surface area (Å²) in [5.74, 6) is 0. The fourth-order valence-electron chi connectivity index (χ4n) is 2.08. The standard InChI is InChI=1S/C15H14BrN5/c1-11(20-14-6-13(16)7-17-8-14)12-2-4-15(5-3-12)21-10-18-9-19-21/h2-11,20H,1H3/t11-/m0/s1. The fraction of sp³-hybridized carbons (Fsp3) is 0.133. The Morgan fingerprint density at radius 3 is 2.62 bits per heavy atom. The minimum Gasteiger partial charge on any atom is -0.377 e. The largest absolute Gasteiger partial charge is 0.377 e. The Morgan fingerprint density at radius 1 is 1.14 bits per heavy atom. The van der Waals surface area contributed by atoms with Crippen LogP contribution in [0.2, 0.25) is 0 Å². The first kappa shape index (κ1) is 13.8. The van der Waals surface area contributed by atoms with Crippen LogP contribution in [0.15, 0.2) is 59.9 Å². The molecule has 0 fully saturated rings. The molecule has 6 heteroatoms. The van der Waals surface area contributed by atoms with Gasteiger partial charge in [0, 0.05) is 16.7 Å². The predicted octanol–water partition coefficient (Wildman–Crippen LogP) is 3.60. The molecule has 3 aromatic rings. The van der Waals surface area contributed by atoms with Gasteiger partial charge in [0.25, 0.3) is 0 Å². The number of nitrogens with one attached hydrogen (secondary N) is 1. The van der Waals surface area contributed by atoms with Gasteiger partial charge in [0.15, 0.2) is 0 Å². The molecular weight excluding hydrogens is 330 g/mol. The molecule has 0 aliphatic rings. The van der Waals surface area contributed by atoms with E-state index in [1.165, 1.54) is 11.9 Å². The van der Waals surface area contributed by atoms with Crippen molar-refractivity contribution in [3.05, 3.63) is 65.4 Å². The maximum absolute atomic E-state index is 4.15. The second-order valence-corrected chi connectivity index (χ2v) is 5.61. The van der Waals surface area contributed by atoms with Gasteiger partial charge in [-0.15, -0.1) is 0 Å². The number of anilines is 1. The Balaban J connectivity index is 1.74. The number of pyridine rings is 1. The molecule has 0 saturated carbocycles. The van der Waals surface area contributed by atoms with Crippen molar-refractivity contribution in [1.82, 2.24) is 19.7 Å². The fourth-order valence-corrected chi connectivity index (χ4v) is 2.45. The van der Waals surface area contributed by atoms with E-state index in [9.17, 15) is 0 Å².